The highest BCUT2D eigenvalue weighted by Crippen LogP contribution is 2.18. The van der Waals surface area contributed by atoms with Crippen molar-refractivity contribution in [2.24, 2.45) is 5.92 Å². The van der Waals surface area contributed by atoms with Gasteiger partial charge in [-0.1, -0.05) is 6.92 Å². The summed E-state index contributed by atoms with van der Waals surface area (Å²) >= 11 is 0. The van der Waals surface area contributed by atoms with E-state index >= 15 is 0 Å². The maximum Gasteiger partial charge on any atom is 0.0432 e. The summed E-state index contributed by atoms with van der Waals surface area (Å²) in [6.45, 7) is 7.46. The molecule has 2 aliphatic rings. The SMILES string of the molecule is CC1CCN(N2CCN(F)CC2)CC1. The summed E-state index contributed by atoms with van der Waals surface area (Å²) in [7, 11) is 0. The lowest BCUT2D eigenvalue weighted by molar-refractivity contribution is -0.112. The second-order valence-electron chi connectivity index (χ2n) is 4.50. The quantitative estimate of drug-likeness (QED) is 0.589. The smallest absolute Gasteiger partial charge is 0.0432 e. The molecular formula is C10H20FN3. The van der Waals surface area contributed by atoms with Crippen LogP contribution in [0, 0.1) is 5.92 Å². The van der Waals surface area contributed by atoms with Gasteiger partial charge in [-0.2, -0.15) is 0 Å². The topological polar surface area (TPSA) is 9.72 Å². The number of piperazine rings is 1. The minimum absolute atomic E-state index is 0.562. The summed E-state index contributed by atoms with van der Waals surface area (Å²) in [6.07, 6.45) is 2.58. The molecule has 2 saturated heterocycles. The second-order valence-corrected chi connectivity index (χ2v) is 4.50. The zero-order chi connectivity index (χ0) is 9.97. The molecule has 0 unspecified atom stereocenters. The van der Waals surface area contributed by atoms with E-state index in [1.54, 1.807) is 0 Å². The minimum Gasteiger partial charge on any atom is -0.242 e. The fourth-order valence-corrected chi connectivity index (χ4v) is 2.23. The maximum atomic E-state index is 12.8. The van der Waals surface area contributed by atoms with Gasteiger partial charge >= 0.3 is 0 Å². The Labute approximate surface area is 85.4 Å². The van der Waals surface area contributed by atoms with Crippen molar-refractivity contribution in [3.05, 3.63) is 0 Å². The van der Waals surface area contributed by atoms with Crippen molar-refractivity contribution in [1.82, 2.24) is 15.1 Å². The number of hydrogen-bond acceptors (Lipinski definition) is 3. The van der Waals surface area contributed by atoms with Gasteiger partial charge in [-0.25, -0.2) is 10.0 Å². The molecule has 3 nitrogen and oxygen atoms in total. The van der Waals surface area contributed by atoms with Crippen LogP contribution in [-0.4, -0.2) is 54.4 Å². The lowest BCUT2D eigenvalue weighted by atomic mass is 10.0. The standard InChI is InChI=1S/C10H20FN3/c1-10-2-4-13(5-3-10)14-8-6-12(11)7-9-14/h10H,2-9H2,1H3. The molecular weight excluding hydrogens is 181 g/mol. The molecule has 0 aromatic rings. The third-order valence-corrected chi connectivity index (χ3v) is 3.36. The Bertz CT molecular complexity index is 152. The van der Waals surface area contributed by atoms with E-state index < -0.39 is 0 Å². The van der Waals surface area contributed by atoms with E-state index in [0.29, 0.717) is 13.1 Å². The van der Waals surface area contributed by atoms with Crippen LogP contribution >= 0.6 is 0 Å². The first-order valence-corrected chi connectivity index (χ1v) is 5.66. The van der Waals surface area contributed by atoms with Crippen LogP contribution in [0.2, 0.25) is 0 Å². The van der Waals surface area contributed by atoms with Gasteiger partial charge in [0.1, 0.15) is 0 Å². The molecule has 2 aliphatic heterocycles. The Balaban J connectivity index is 1.78. The first kappa shape index (κ1) is 10.3. The van der Waals surface area contributed by atoms with E-state index in [1.807, 2.05) is 0 Å². The van der Waals surface area contributed by atoms with Crippen molar-refractivity contribution in [2.45, 2.75) is 19.8 Å². The van der Waals surface area contributed by atoms with Crippen molar-refractivity contribution in [2.75, 3.05) is 39.3 Å². The van der Waals surface area contributed by atoms with Crippen LogP contribution in [0.4, 0.5) is 4.48 Å². The number of hydrazine groups is 1. The second kappa shape index (κ2) is 4.55. The molecule has 0 atom stereocenters. The highest BCUT2D eigenvalue weighted by molar-refractivity contribution is 4.71. The Kier molecular flexibility index (Phi) is 3.36. The van der Waals surface area contributed by atoms with Gasteiger partial charge in [-0.15, -0.1) is 9.60 Å². The maximum absolute atomic E-state index is 12.8. The summed E-state index contributed by atoms with van der Waals surface area (Å²) in [5.41, 5.74) is 0. The van der Waals surface area contributed by atoms with Crippen molar-refractivity contribution in [1.29, 1.82) is 0 Å². The lowest BCUT2D eigenvalue weighted by Gasteiger charge is -2.41. The molecule has 2 heterocycles. The predicted molar refractivity (Wildman–Crippen MR) is 54.2 cm³/mol. The van der Waals surface area contributed by atoms with Crippen molar-refractivity contribution in [3.63, 3.8) is 0 Å². The molecule has 0 amide bonds. The Hall–Kier alpha value is -0.190. The van der Waals surface area contributed by atoms with Gasteiger partial charge in [0.05, 0.1) is 0 Å². The fourth-order valence-electron chi connectivity index (χ4n) is 2.23. The summed E-state index contributed by atoms with van der Waals surface area (Å²) < 4.78 is 12.8. The summed E-state index contributed by atoms with van der Waals surface area (Å²) in [4.78, 5) is 0. The van der Waals surface area contributed by atoms with Gasteiger partial charge in [0.2, 0.25) is 0 Å². The molecule has 2 rings (SSSR count). The molecule has 0 aromatic carbocycles. The van der Waals surface area contributed by atoms with Gasteiger partial charge in [-0.05, 0) is 18.8 Å². The number of nitrogens with zero attached hydrogens (tertiary/aromatic N) is 3. The average Bonchev–Trinajstić information content (AvgIpc) is 2.21. The summed E-state index contributed by atoms with van der Waals surface area (Å²) in [5, 5.41) is 5.65. The monoisotopic (exact) mass is 201 g/mol. The van der Waals surface area contributed by atoms with Crippen LogP contribution < -0.4 is 0 Å². The predicted octanol–water partition coefficient (Wildman–Crippen LogP) is 1.14. The third kappa shape index (κ3) is 2.43. The molecule has 0 radical (unpaired) electrons. The van der Waals surface area contributed by atoms with E-state index in [0.717, 1.165) is 37.2 Å². The normalized spacial score (nSPS) is 29.6. The summed E-state index contributed by atoms with van der Waals surface area (Å²) in [6, 6.07) is 0. The van der Waals surface area contributed by atoms with Crippen LogP contribution in [0.25, 0.3) is 0 Å². The van der Waals surface area contributed by atoms with Gasteiger partial charge < -0.3 is 0 Å². The van der Waals surface area contributed by atoms with E-state index in [4.69, 9.17) is 0 Å². The fraction of sp³-hybridized carbons (Fsp3) is 1.00. The van der Waals surface area contributed by atoms with E-state index in [9.17, 15) is 4.48 Å². The molecule has 14 heavy (non-hydrogen) atoms. The number of rotatable bonds is 1. The van der Waals surface area contributed by atoms with E-state index in [1.165, 1.54) is 12.8 Å². The van der Waals surface area contributed by atoms with Gasteiger partial charge in [0.15, 0.2) is 0 Å². The number of piperidine rings is 1. The molecule has 0 saturated carbocycles. The first-order chi connectivity index (χ1) is 6.75. The van der Waals surface area contributed by atoms with Crippen LogP contribution in [-0.2, 0) is 0 Å². The first-order valence-electron chi connectivity index (χ1n) is 5.66. The number of hydrogen-bond donors (Lipinski definition) is 0. The van der Waals surface area contributed by atoms with Crippen LogP contribution in [0.15, 0.2) is 0 Å². The molecule has 0 bridgehead atoms. The molecule has 4 heteroatoms. The average molecular weight is 201 g/mol. The Morgan fingerprint density at radius 2 is 1.36 bits per heavy atom. The van der Waals surface area contributed by atoms with Crippen LogP contribution in [0.1, 0.15) is 19.8 Å². The van der Waals surface area contributed by atoms with Crippen molar-refractivity contribution < 1.29 is 4.48 Å². The molecule has 82 valence electrons. The zero-order valence-corrected chi connectivity index (χ0v) is 8.95. The summed E-state index contributed by atoms with van der Waals surface area (Å²) in [5.74, 6) is 0.869. The molecule has 0 N–H and O–H groups in total. The highest BCUT2D eigenvalue weighted by atomic mass is 19.2. The van der Waals surface area contributed by atoms with Crippen LogP contribution in [0.3, 0.4) is 0 Å². The largest absolute Gasteiger partial charge is 0.242 e. The molecule has 2 fully saturated rings. The van der Waals surface area contributed by atoms with Gasteiger partial charge in [0, 0.05) is 39.3 Å². The zero-order valence-electron chi connectivity index (χ0n) is 8.95. The molecule has 0 aromatic heterocycles. The number of halogens is 1. The van der Waals surface area contributed by atoms with Crippen molar-refractivity contribution >= 4 is 0 Å². The molecule has 0 aliphatic carbocycles. The Morgan fingerprint density at radius 1 is 0.857 bits per heavy atom. The van der Waals surface area contributed by atoms with E-state index in [-0.39, 0.29) is 0 Å². The van der Waals surface area contributed by atoms with Gasteiger partial charge in [-0.3, -0.25) is 0 Å². The van der Waals surface area contributed by atoms with Gasteiger partial charge in [0.25, 0.3) is 0 Å². The van der Waals surface area contributed by atoms with E-state index in [2.05, 4.69) is 16.9 Å². The highest BCUT2D eigenvalue weighted by Gasteiger charge is 2.24. The molecule has 0 spiro atoms. The van der Waals surface area contributed by atoms with Crippen LogP contribution in [0.5, 0.6) is 0 Å². The van der Waals surface area contributed by atoms with Crippen molar-refractivity contribution in [3.8, 4) is 0 Å². The Morgan fingerprint density at radius 3 is 1.93 bits per heavy atom. The third-order valence-electron chi connectivity index (χ3n) is 3.36. The lowest BCUT2D eigenvalue weighted by Crippen LogP contribution is -2.54. The minimum atomic E-state index is 0.562.